The summed E-state index contributed by atoms with van der Waals surface area (Å²) in [5, 5.41) is 5.33. The van der Waals surface area contributed by atoms with Crippen LogP contribution in [0.15, 0.2) is 18.2 Å². The normalized spacial score (nSPS) is 11.6. The SMILES string of the molecule is CCNC(=O)[C@H](C)NC(=O)c1ccc(OC)c(COCC)c1. The molecule has 2 amide bonds. The molecule has 0 saturated carbocycles. The standard InChI is InChI=1S/C16H24N2O4/c1-5-17-15(19)11(3)18-16(20)12-7-8-14(21-4)13(9-12)10-22-6-2/h7-9,11H,5-6,10H2,1-4H3,(H,17,19)(H,18,20)/t11-/m0/s1. The molecule has 0 aromatic heterocycles. The molecule has 0 aliphatic carbocycles. The van der Waals surface area contributed by atoms with Crippen LogP contribution in [0.1, 0.15) is 36.7 Å². The summed E-state index contributed by atoms with van der Waals surface area (Å²) in [4.78, 5) is 23.9. The number of hydrogen-bond donors (Lipinski definition) is 2. The van der Waals surface area contributed by atoms with Crippen molar-refractivity contribution < 1.29 is 19.1 Å². The molecule has 0 spiro atoms. The van der Waals surface area contributed by atoms with Gasteiger partial charge in [0.05, 0.1) is 13.7 Å². The second-order valence-corrected chi connectivity index (χ2v) is 4.75. The molecule has 1 aromatic rings. The number of benzene rings is 1. The van der Waals surface area contributed by atoms with Crippen molar-refractivity contribution in [1.29, 1.82) is 0 Å². The molecule has 0 radical (unpaired) electrons. The lowest BCUT2D eigenvalue weighted by molar-refractivity contribution is -0.122. The molecule has 1 rings (SSSR count). The molecule has 22 heavy (non-hydrogen) atoms. The summed E-state index contributed by atoms with van der Waals surface area (Å²) in [5.41, 5.74) is 1.26. The van der Waals surface area contributed by atoms with E-state index >= 15 is 0 Å². The molecule has 0 heterocycles. The zero-order chi connectivity index (χ0) is 16.5. The fourth-order valence-corrected chi connectivity index (χ4v) is 1.92. The Morgan fingerprint density at radius 3 is 2.59 bits per heavy atom. The van der Waals surface area contributed by atoms with Gasteiger partial charge in [0.2, 0.25) is 5.91 Å². The average Bonchev–Trinajstić information content (AvgIpc) is 2.52. The maximum absolute atomic E-state index is 12.2. The minimum atomic E-state index is -0.593. The lowest BCUT2D eigenvalue weighted by Crippen LogP contribution is -2.44. The fourth-order valence-electron chi connectivity index (χ4n) is 1.92. The first-order valence-electron chi connectivity index (χ1n) is 7.36. The van der Waals surface area contributed by atoms with Crippen LogP contribution in [0.25, 0.3) is 0 Å². The van der Waals surface area contributed by atoms with Crippen LogP contribution in [0.3, 0.4) is 0 Å². The van der Waals surface area contributed by atoms with Crippen molar-refractivity contribution in [2.24, 2.45) is 0 Å². The van der Waals surface area contributed by atoms with E-state index in [4.69, 9.17) is 9.47 Å². The van der Waals surface area contributed by atoms with Crippen molar-refractivity contribution in [3.8, 4) is 5.75 Å². The van der Waals surface area contributed by atoms with Gasteiger partial charge in [-0.25, -0.2) is 0 Å². The summed E-state index contributed by atoms with van der Waals surface area (Å²) < 4.78 is 10.6. The number of rotatable bonds is 8. The third-order valence-corrected chi connectivity index (χ3v) is 3.10. The van der Waals surface area contributed by atoms with E-state index in [0.29, 0.717) is 31.1 Å². The van der Waals surface area contributed by atoms with Gasteiger partial charge in [-0.05, 0) is 39.0 Å². The van der Waals surface area contributed by atoms with Crippen molar-refractivity contribution in [1.82, 2.24) is 10.6 Å². The maximum atomic E-state index is 12.2. The van der Waals surface area contributed by atoms with Crippen molar-refractivity contribution in [3.63, 3.8) is 0 Å². The zero-order valence-corrected chi connectivity index (χ0v) is 13.6. The van der Waals surface area contributed by atoms with E-state index in [0.717, 1.165) is 5.56 Å². The highest BCUT2D eigenvalue weighted by Gasteiger charge is 2.17. The molecule has 122 valence electrons. The van der Waals surface area contributed by atoms with Gasteiger partial charge in [0, 0.05) is 24.3 Å². The highest BCUT2D eigenvalue weighted by Crippen LogP contribution is 2.21. The predicted octanol–water partition coefficient (Wildman–Crippen LogP) is 1.49. The Morgan fingerprint density at radius 2 is 2.00 bits per heavy atom. The number of carbonyl (C=O) groups excluding carboxylic acids is 2. The third kappa shape index (κ3) is 5.04. The van der Waals surface area contributed by atoms with E-state index in [1.54, 1.807) is 32.2 Å². The Bertz CT molecular complexity index is 517. The van der Waals surface area contributed by atoms with E-state index in [2.05, 4.69) is 10.6 Å². The van der Waals surface area contributed by atoms with Gasteiger partial charge < -0.3 is 20.1 Å². The van der Waals surface area contributed by atoms with Crippen LogP contribution in [0, 0.1) is 0 Å². The van der Waals surface area contributed by atoms with Gasteiger partial charge in [-0.1, -0.05) is 0 Å². The molecule has 1 atom stereocenters. The number of likely N-dealkylation sites (N-methyl/N-ethyl adjacent to an activating group) is 1. The Labute approximate surface area is 131 Å². The van der Waals surface area contributed by atoms with Crippen LogP contribution >= 0.6 is 0 Å². The smallest absolute Gasteiger partial charge is 0.251 e. The minimum absolute atomic E-state index is 0.209. The lowest BCUT2D eigenvalue weighted by atomic mass is 10.1. The van der Waals surface area contributed by atoms with Crippen LogP contribution < -0.4 is 15.4 Å². The zero-order valence-electron chi connectivity index (χ0n) is 13.6. The number of ether oxygens (including phenoxy) is 2. The highest BCUT2D eigenvalue weighted by molar-refractivity contribution is 5.97. The second-order valence-electron chi connectivity index (χ2n) is 4.75. The van der Waals surface area contributed by atoms with Gasteiger partial charge in [0.15, 0.2) is 0 Å². The molecule has 2 N–H and O–H groups in total. The van der Waals surface area contributed by atoms with Crippen molar-refractivity contribution >= 4 is 11.8 Å². The lowest BCUT2D eigenvalue weighted by Gasteiger charge is -2.15. The third-order valence-electron chi connectivity index (χ3n) is 3.10. The Balaban J connectivity index is 2.82. The van der Waals surface area contributed by atoms with Crippen LogP contribution in [0.5, 0.6) is 5.75 Å². The van der Waals surface area contributed by atoms with E-state index in [9.17, 15) is 9.59 Å². The molecular formula is C16H24N2O4. The molecule has 1 aromatic carbocycles. The summed E-state index contributed by atoms with van der Waals surface area (Å²) >= 11 is 0. The van der Waals surface area contributed by atoms with E-state index in [1.807, 2.05) is 13.8 Å². The van der Waals surface area contributed by atoms with Crippen LogP contribution in [-0.4, -0.2) is 38.1 Å². The van der Waals surface area contributed by atoms with E-state index in [-0.39, 0.29) is 11.8 Å². The van der Waals surface area contributed by atoms with E-state index in [1.165, 1.54) is 0 Å². The molecule has 0 unspecified atom stereocenters. The summed E-state index contributed by atoms with van der Waals surface area (Å²) in [5.74, 6) is 0.153. The van der Waals surface area contributed by atoms with Gasteiger partial charge >= 0.3 is 0 Å². The first-order chi connectivity index (χ1) is 10.5. The summed E-state index contributed by atoms with van der Waals surface area (Å²) in [6, 6.07) is 4.51. The summed E-state index contributed by atoms with van der Waals surface area (Å²) in [7, 11) is 1.57. The predicted molar refractivity (Wildman–Crippen MR) is 83.9 cm³/mol. The number of amides is 2. The van der Waals surface area contributed by atoms with Crippen molar-refractivity contribution in [2.75, 3.05) is 20.3 Å². The molecular weight excluding hydrogens is 284 g/mol. The van der Waals surface area contributed by atoms with Gasteiger partial charge in [-0.3, -0.25) is 9.59 Å². The van der Waals surface area contributed by atoms with Gasteiger partial charge in [0.1, 0.15) is 11.8 Å². The van der Waals surface area contributed by atoms with Crippen LogP contribution in [-0.2, 0) is 16.1 Å². The number of carbonyl (C=O) groups is 2. The van der Waals surface area contributed by atoms with Gasteiger partial charge in [-0.15, -0.1) is 0 Å². The molecule has 0 saturated heterocycles. The first-order valence-corrected chi connectivity index (χ1v) is 7.36. The minimum Gasteiger partial charge on any atom is -0.496 e. The first kappa shape index (κ1) is 18.0. The maximum Gasteiger partial charge on any atom is 0.251 e. The average molecular weight is 308 g/mol. The van der Waals surface area contributed by atoms with Crippen LogP contribution in [0.2, 0.25) is 0 Å². The molecule has 6 heteroatoms. The molecule has 0 fully saturated rings. The topological polar surface area (TPSA) is 76.7 Å². The Morgan fingerprint density at radius 1 is 1.27 bits per heavy atom. The van der Waals surface area contributed by atoms with Gasteiger partial charge in [-0.2, -0.15) is 0 Å². The second kappa shape index (κ2) is 9.04. The fraction of sp³-hybridized carbons (Fsp3) is 0.500. The van der Waals surface area contributed by atoms with Crippen molar-refractivity contribution in [3.05, 3.63) is 29.3 Å². The molecule has 0 bridgehead atoms. The highest BCUT2D eigenvalue weighted by atomic mass is 16.5. The molecule has 0 aliphatic rings. The molecule has 0 aliphatic heterocycles. The van der Waals surface area contributed by atoms with Crippen LogP contribution in [0.4, 0.5) is 0 Å². The summed E-state index contributed by atoms with van der Waals surface area (Å²) in [6.45, 7) is 6.85. The van der Waals surface area contributed by atoms with Crippen molar-refractivity contribution in [2.45, 2.75) is 33.4 Å². The number of hydrogen-bond acceptors (Lipinski definition) is 4. The molecule has 6 nitrogen and oxygen atoms in total. The Kier molecular flexibility index (Phi) is 7.39. The largest absolute Gasteiger partial charge is 0.496 e. The van der Waals surface area contributed by atoms with Gasteiger partial charge in [0.25, 0.3) is 5.91 Å². The number of nitrogens with one attached hydrogen (secondary N) is 2. The summed E-state index contributed by atoms with van der Waals surface area (Å²) in [6.07, 6.45) is 0. The number of methoxy groups -OCH3 is 1. The van der Waals surface area contributed by atoms with E-state index < -0.39 is 6.04 Å². The Hall–Kier alpha value is -2.08. The quantitative estimate of drug-likeness (QED) is 0.763. The monoisotopic (exact) mass is 308 g/mol.